The molecule has 146 valence electrons. The SMILES string of the molecule is CCCN1C(=O)S/C(=C\c2ccc3c(c2)C(C)CC(C)(C)N3C(C)C)C1=O. The van der Waals surface area contributed by atoms with Crippen molar-refractivity contribution in [2.45, 2.75) is 71.9 Å². The average molecular weight is 387 g/mol. The van der Waals surface area contributed by atoms with E-state index in [1.807, 2.05) is 13.0 Å². The summed E-state index contributed by atoms with van der Waals surface area (Å²) in [6.45, 7) is 13.8. The third-order valence-electron chi connectivity index (χ3n) is 5.43. The Morgan fingerprint density at radius 1 is 1.30 bits per heavy atom. The second kappa shape index (κ2) is 7.34. The first-order valence-corrected chi connectivity index (χ1v) is 10.7. The number of rotatable bonds is 4. The van der Waals surface area contributed by atoms with Crippen LogP contribution in [-0.2, 0) is 4.79 Å². The van der Waals surface area contributed by atoms with Gasteiger partial charge in [-0.2, -0.15) is 0 Å². The first-order chi connectivity index (χ1) is 12.7. The first kappa shape index (κ1) is 20.0. The fourth-order valence-electron chi connectivity index (χ4n) is 4.61. The average Bonchev–Trinajstić information content (AvgIpc) is 2.82. The van der Waals surface area contributed by atoms with Gasteiger partial charge in [0.1, 0.15) is 0 Å². The first-order valence-electron chi connectivity index (χ1n) is 9.84. The molecule has 1 fully saturated rings. The molecule has 3 rings (SSSR count). The third-order valence-corrected chi connectivity index (χ3v) is 6.34. The maximum Gasteiger partial charge on any atom is 0.293 e. The van der Waals surface area contributed by atoms with Gasteiger partial charge in [-0.1, -0.05) is 19.9 Å². The van der Waals surface area contributed by atoms with Crippen LogP contribution in [0.1, 0.15) is 71.4 Å². The number of thioether (sulfide) groups is 1. The van der Waals surface area contributed by atoms with Gasteiger partial charge in [-0.25, -0.2) is 0 Å². The summed E-state index contributed by atoms with van der Waals surface area (Å²) in [5.41, 5.74) is 3.71. The highest BCUT2D eigenvalue weighted by Crippen LogP contribution is 2.45. The molecule has 27 heavy (non-hydrogen) atoms. The Morgan fingerprint density at radius 3 is 2.63 bits per heavy atom. The molecule has 0 aromatic heterocycles. The second-order valence-corrected chi connectivity index (χ2v) is 9.53. The number of hydrogen-bond acceptors (Lipinski definition) is 4. The Kier molecular flexibility index (Phi) is 5.44. The van der Waals surface area contributed by atoms with E-state index in [9.17, 15) is 9.59 Å². The standard InChI is InChI=1S/C22H30N2O2S/c1-7-10-23-20(25)19(27-21(23)26)12-16-8-9-18-17(11-16)15(4)13-22(5,6)24(18)14(2)3/h8-9,11-12,14-15H,7,10,13H2,1-6H3/b19-12-. The minimum absolute atomic E-state index is 0.116. The number of imide groups is 1. The van der Waals surface area contributed by atoms with E-state index in [0.717, 1.165) is 30.2 Å². The lowest BCUT2D eigenvalue weighted by atomic mass is 9.79. The van der Waals surface area contributed by atoms with Crippen molar-refractivity contribution >= 4 is 34.7 Å². The monoisotopic (exact) mass is 386 g/mol. The quantitative estimate of drug-likeness (QED) is 0.629. The van der Waals surface area contributed by atoms with Crippen LogP contribution in [0.4, 0.5) is 10.5 Å². The van der Waals surface area contributed by atoms with Crippen molar-refractivity contribution in [2.24, 2.45) is 0 Å². The molecule has 1 unspecified atom stereocenters. The highest BCUT2D eigenvalue weighted by molar-refractivity contribution is 8.18. The number of amides is 2. The molecule has 1 aromatic rings. The summed E-state index contributed by atoms with van der Waals surface area (Å²) in [6.07, 6.45) is 3.74. The maximum atomic E-state index is 12.5. The van der Waals surface area contributed by atoms with Gasteiger partial charge in [0.2, 0.25) is 0 Å². The molecule has 0 saturated carbocycles. The number of carbonyl (C=O) groups excluding carboxylic acids is 2. The largest absolute Gasteiger partial charge is 0.364 e. The van der Waals surface area contributed by atoms with Crippen molar-refractivity contribution in [2.75, 3.05) is 11.4 Å². The fourth-order valence-corrected chi connectivity index (χ4v) is 5.47. The van der Waals surface area contributed by atoms with E-state index >= 15 is 0 Å². The molecule has 0 radical (unpaired) electrons. The van der Waals surface area contributed by atoms with Gasteiger partial charge in [-0.15, -0.1) is 0 Å². The zero-order chi connectivity index (χ0) is 19.9. The van der Waals surface area contributed by atoms with E-state index in [1.165, 1.54) is 16.2 Å². The number of nitrogens with zero attached hydrogens (tertiary/aromatic N) is 2. The lowest BCUT2D eigenvalue weighted by molar-refractivity contribution is -0.122. The number of fused-ring (bicyclic) bond motifs is 1. The smallest absolute Gasteiger partial charge is 0.293 e. The Labute approximate surface area is 167 Å². The second-order valence-electron chi connectivity index (χ2n) is 8.53. The molecule has 0 spiro atoms. The summed E-state index contributed by atoms with van der Waals surface area (Å²) in [7, 11) is 0. The van der Waals surface area contributed by atoms with Gasteiger partial charge in [0.05, 0.1) is 4.91 Å². The van der Waals surface area contributed by atoms with E-state index < -0.39 is 0 Å². The number of carbonyl (C=O) groups is 2. The predicted octanol–water partition coefficient (Wildman–Crippen LogP) is 5.63. The van der Waals surface area contributed by atoms with Gasteiger partial charge >= 0.3 is 0 Å². The molecule has 0 N–H and O–H groups in total. The molecule has 1 atom stereocenters. The van der Waals surface area contributed by atoms with E-state index in [2.05, 4.69) is 57.7 Å². The molecule has 2 amide bonds. The normalized spacial score (nSPS) is 23.5. The zero-order valence-electron chi connectivity index (χ0n) is 17.2. The highest BCUT2D eigenvalue weighted by atomic mass is 32.2. The Morgan fingerprint density at radius 2 is 2.00 bits per heavy atom. The van der Waals surface area contributed by atoms with Gasteiger partial charge < -0.3 is 4.90 Å². The summed E-state index contributed by atoms with van der Waals surface area (Å²) < 4.78 is 0. The summed E-state index contributed by atoms with van der Waals surface area (Å²) in [6, 6.07) is 6.85. The van der Waals surface area contributed by atoms with Crippen LogP contribution in [0.25, 0.3) is 6.08 Å². The summed E-state index contributed by atoms with van der Waals surface area (Å²) >= 11 is 1.05. The van der Waals surface area contributed by atoms with Crippen LogP contribution in [0, 0.1) is 0 Å². The lowest BCUT2D eigenvalue weighted by Crippen LogP contribution is -2.51. The third kappa shape index (κ3) is 3.66. The molecule has 1 aromatic carbocycles. The Bertz CT molecular complexity index is 798. The van der Waals surface area contributed by atoms with Crippen molar-refractivity contribution in [1.29, 1.82) is 0 Å². The van der Waals surface area contributed by atoms with Crippen LogP contribution >= 0.6 is 11.8 Å². The molecule has 2 aliphatic heterocycles. The van der Waals surface area contributed by atoms with Gasteiger partial charge in [0, 0.05) is 23.8 Å². The van der Waals surface area contributed by atoms with Crippen molar-refractivity contribution in [3.63, 3.8) is 0 Å². The predicted molar refractivity (Wildman–Crippen MR) is 114 cm³/mol. The number of benzene rings is 1. The summed E-state index contributed by atoms with van der Waals surface area (Å²) in [4.78, 5) is 28.9. The number of anilines is 1. The van der Waals surface area contributed by atoms with Crippen LogP contribution in [0.5, 0.6) is 0 Å². The summed E-state index contributed by atoms with van der Waals surface area (Å²) in [5.74, 6) is 0.288. The Balaban J connectivity index is 1.96. The van der Waals surface area contributed by atoms with Gasteiger partial charge in [0.25, 0.3) is 11.1 Å². The highest BCUT2D eigenvalue weighted by Gasteiger charge is 2.38. The van der Waals surface area contributed by atoms with Crippen molar-refractivity contribution < 1.29 is 9.59 Å². The van der Waals surface area contributed by atoms with Gasteiger partial charge in [-0.3, -0.25) is 14.5 Å². The molecular weight excluding hydrogens is 356 g/mol. The minimum Gasteiger partial charge on any atom is -0.364 e. The van der Waals surface area contributed by atoms with Crippen LogP contribution in [0.2, 0.25) is 0 Å². The summed E-state index contributed by atoms with van der Waals surface area (Å²) in [5, 5.41) is -0.160. The molecular formula is C22H30N2O2S. The van der Waals surface area contributed by atoms with Crippen LogP contribution < -0.4 is 4.90 Å². The van der Waals surface area contributed by atoms with E-state index in [1.54, 1.807) is 0 Å². The van der Waals surface area contributed by atoms with E-state index in [0.29, 0.717) is 23.4 Å². The van der Waals surface area contributed by atoms with Gasteiger partial charge in [0.15, 0.2) is 0 Å². The molecule has 0 bridgehead atoms. The molecule has 4 nitrogen and oxygen atoms in total. The maximum absolute atomic E-state index is 12.5. The molecule has 2 heterocycles. The van der Waals surface area contributed by atoms with Crippen LogP contribution in [-0.4, -0.2) is 34.2 Å². The van der Waals surface area contributed by atoms with Crippen LogP contribution in [0.15, 0.2) is 23.1 Å². The molecule has 0 aliphatic carbocycles. The zero-order valence-corrected chi connectivity index (χ0v) is 18.0. The topological polar surface area (TPSA) is 40.6 Å². The molecule has 2 aliphatic rings. The van der Waals surface area contributed by atoms with E-state index in [-0.39, 0.29) is 16.7 Å². The van der Waals surface area contributed by atoms with Crippen molar-refractivity contribution in [3.8, 4) is 0 Å². The fraction of sp³-hybridized carbons (Fsp3) is 0.545. The van der Waals surface area contributed by atoms with Gasteiger partial charge in [-0.05, 0) is 87.6 Å². The Hall–Kier alpha value is -1.75. The minimum atomic E-state index is -0.164. The van der Waals surface area contributed by atoms with Crippen molar-refractivity contribution in [3.05, 3.63) is 34.2 Å². The molecule has 1 saturated heterocycles. The lowest BCUT2D eigenvalue weighted by Gasteiger charge is -2.50. The van der Waals surface area contributed by atoms with Crippen molar-refractivity contribution in [1.82, 2.24) is 4.90 Å². The van der Waals surface area contributed by atoms with Crippen LogP contribution in [0.3, 0.4) is 0 Å². The van der Waals surface area contributed by atoms with E-state index in [4.69, 9.17) is 0 Å². The molecule has 5 heteroatoms. The number of hydrogen-bond donors (Lipinski definition) is 0.